The van der Waals surface area contributed by atoms with Gasteiger partial charge in [-0.15, -0.1) is 23.1 Å². The number of primary amides is 1. The molecule has 1 saturated carbocycles. The highest BCUT2D eigenvalue weighted by Crippen LogP contribution is 2.43. The summed E-state index contributed by atoms with van der Waals surface area (Å²) in [4.78, 5) is 75.4. The summed E-state index contributed by atoms with van der Waals surface area (Å²) in [6.45, 7) is 0.848. The van der Waals surface area contributed by atoms with Crippen LogP contribution in [0.3, 0.4) is 0 Å². The molecular formula is C30H33N8O7S2+. The van der Waals surface area contributed by atoms with E-state index in [-0.39, 0.29) is 23.9 Å². The zero-order chi connectivity index (χ0) is 33.3. The van der Waals surface area contributed by atoms with E-state index in [4.69, 9.17) is 16.3 Å². The number of hydrogen-bond acceptors (Lipinski definition) is 11. The molecule has 6 rings (SSSR count). The summed E-state index contributed by atoms with van der Waals surface area (Å²) in [5.74, 6) is -2.97. The summed E-state index contributed by atoms with van der Waals surface area (Å²) in [6, 6.07) is 2.66. The minimum absolute atomic E-state index is 0.0526. The van der Waals surface area contributed by atoms with Crippen molar-refractivity contribution in [1.29, 1.82) is 0 Å². The number of anilines is 1. The average Bonchev–Trinajstić information content (AvgIpc) is 3.78. The molecule has 3 fully saturated rings. The number of carboxylic acids is 1. The van der Waals surface area contributed by atoms with E-state index in [0.717, 1.165) is 29.5 Å². The number of carboxylic acid groups (broad SMARTS) is 1. The Bertz CT molecular complexity index is 1710. The Morgan fingerprint density at radius 2 is 1.98 bits per heavy atom. The van der Waals surface area contributed by atoms with E-state index in [1.165, 1.54) is 23.1 Å². The Hall–Kier alpha value is -4.77. The van der Waals surface area contributed by atoms with Crippen molar-refractivity contribution in [2.45, 2.75) is 62.2 Å². The fraction of sp³-hybridized carbons (Fsp3) is 0.400. The molecule has 4 aliphatic rings. The highest BCUT2D eigenvalue weighted by Gasteiger charge is 2.54. The molecule has 0 bridgehead atoms. The number of likely N-dealkylation sites (tertiary alicyclic amines) is 1. The van der Waals surface area contributed by atoms with Crippen molar-refractivity contribution < 1.29 is 38.5 Å². The maximum Gasteiger partial charge on any atom is 0.352 e. The molecule has 2 atom stereocenters. The lowest BCUT2D eigenvalue weighted by Crippen LogP contribution is -2.70. The number of thiazole rings is 1. The lowest BCUT2D eigenvalue weighted by Gasteiger charge is -2.49. The van der Waals surface area contributed by atoms with Gasteiger partial charge in [0, 0.05) is 41.9 Å². The topological polar surface area (TPSA) is 214 Å². The first-order valence-corrected chi connectivity index (χ1v) is 16.9. The third-order valence-electron chi connectivity index (χ3n) is 8.53. The van der Waals surface area contributed by atoms with E-state index in [1.54, 1.807) is 40.1 Å². The molecule has 0 radical (unpaired) electrons. The normalized spacial score (nSPS) is 22.9. The highest BCUT2D eigenvalue weighted by molar-refractivity contribution is 8.00. The quantitative estimate of drug-likeness (QED) is 0.0840. The van der Waals surface area contributed by atoms with Crippen molar-refractivity contribution in [3.05, 3.63) is 64.1 Å². The van der Waals surface area contributed by atoms with Crippen LogP contribution in [0.1, 0.15) is 43.4 Å². The lowest BCUT2D eigenvalue weighted by molar-refractivity contribution is -0.684. The van der Waals surface area contributed by atoms with Crippen molar-refractivity contribution in [3.8, 4) is 0 Å². The number of thioether (sulfide) groups is 1. The molecule has 0 aromatic carbocycles. The monoisotopic (exact) mass is 681 g/mol. The number of aliphatic carboxylic acids is 1. The van der Waals surface area contributed by atoms with Gasteiger partial charge in [-0.2, -0.15) is 4.57 Å². The van der Waals surface area contributed by atoms with E-state index in [2.05, 4.69) is 15.5 Å². The van der Waals surface area contributed by atoms with Crippen molar-refractivity contribution in [2.24, 2.45) is 10.9 Å². The number of nitrogens with two attached hydrogens (primary N) is 2. The van der Waals surface area contributed by atoms with Gasteiger partial charge >= 0.3 is 5.97 Å². The number of oxime groups is 1. The number of carbonyl (C=O) groups is 5. The van der Waals surface area contributed by atoms with Gasteiger partial charge in [0.1, 0.15) is 23.3 Å². The maximum absolute atomic E-state index is 13.2. The Morgan fingerprint density at radius 1 is 1.23 bits per heavy atom. The van der Waals surface area contributed by atoms with E-state index < -0.39 is 40.7 Å². The number of nitrogens with zero attached hydrogens (tertiary/aromatic N) is 5. The molecule has 246 valence electrons. The number of fused-ring (bicyclic) bond motifs is 1. The van der Waals surface area contributed by atoms with Crippen LogP contribution in [-0.2, 0) is 47.5 Å². The summed E-state index contributed by atoms with van der Waals surface area (Å²) in [5, 5.41) is 18.2. The van der Waals surface area contributed by atoms with E-state index in [1.807, 2.05) is 5.38 Å². The fourth-order valence-corrected chi connectivity index (χ4v) is 8.17. The highest BCUT2D eigenvalue weighted by atomic mass is 32.2. The van der Waals surface area contributed by atoms with Crippen LogP contribution < -0.4 is 21.4 Å². The number of nitrogens with one attached hydrogen (secondary N) is 1. The van der Waals surface area contributed by atoms with Crippen LogP contribution in [0.25, 0.3) is 0 Å². The second-order valence-corrected chi connectivity index (χ2v) is 13.7. The molecule has 1 aliphatic carbocycles. The molecule has 3 aliphatic heterocycles. The number of aromatic nitrogens is 2. The number of rotatable bonds is 11. The smallest absolute Gasteiger partial charge is 0.352 e. The van der Waals surface area contributed by atoms with Gasteiger partial charge in [0.05, 0.1) is 5.69 Å². The molecule has 47 heavy (non-hydrogen) atoms. The van der Waals surface area contributed by atoms with Crippen molar-refractivity contribution >= 4 is 64.0 Å². The Morgan fingerprint density at radius 3 is 2.64 bits per heavy atom. The summed E-state index contributed by atoms with van der Waals surface area (Å²) in [5.41, 5.74) is 12.4. The van der Waals surface area contributed by atoms with Crippen molar-refractivity contribution in [1.82, 2.24) is 20.1 Å². The zero-order valence-corrected chi connectivity index (χ0v) is 26.8. The molecule has 4 amide bonds. The number of carbonyl (C=O) groups excluding carboxylic acids is 4. The van der Waals surface area contributed by atoms with Gasteiger partial charge in [0.25, 0.3) is 17.7 Å². The van der Waals surface area contributed by atoms with Crippen molar-refractivity contribution in [2.75, 3.05) is 18.0 Å². The fourth-order valence-electron chi connectivity index (χ4n) is 6.22. The van der Waals surface area contributed by atoms with Crippen LogP contribution in [-0.4, -0.2) is 79.4 Å². The van der Waals surface area contributed by atoms with Crippen LogP contribution in [0, 0.1) is 0 Å². The molecule has 6 N–H and O–H groups in total. The number of hydrogen-bond donors (Lipinski definition) is 4. The summed E-state index contributed by atoms with van der Waals surface area (Å²) in [7, 11) is 0. The van der Waals surface area contributed by atoms with Gasteiger partial charge in [-0.3, -0.25) is 24.1 Å². The zero-order valence-electron chi connectivity index (χ0n) is 25.2. The molecule has 2 aromatic rings. The Kier molecular flexibility index (Phi) is 9.01. The summed E-state index contributed by atoms with van der Waals surface area (Å²) in [6.07, 6.45) is 9.59. The van der Waals surface area contributed by atoms with Crippen LogP contribution in [0.2, 0.25) is 0 Å². The van der Waals surface area contributed by atoms with Crippen LogP contribution in [0.15, 0.2) is 58.0 Å². The number of pyridine rings is 1. The Balaban J connectivity index is 1.08. The van der Waals surface area contributed by atoms with Gasteiger partial charge < -0.3 is 31.6 Å². The molecule has 0 unspecified atom stereocenters. The van der Waals surface area contributed by atoms with E-state index in [0.29, 0.717) is 54.3 Å². The maximum atomic E-state index is 13.2. The average molecular weight is 682 g/mol. The summed E-state index contributed by atoms with van der Waals surface area (Å²) < 4.78 is 1.64. The third-order valence-corrected chi connectivity index (χ3v) is 10.5. The first-order valence-electron chi connectivity index (χ1n) is 15.0. The molecule has 15 nitrogen and oxygen atoms in total. The van der Waals surface area contributed by atoms with Crippen LogP contribution >= 0.6 is 23.1 Å². The molecule has 17 heteroatoms. The SMILES string of the molecule is NC(=O)C[n+]1ccc(CN2CC/C(=C\C3=C(C(=O)O)N4C(=O)[C@@H](NC(=O)/C=N\OC5(c6csc(N)n6)CCCC5)[C@H]4SC3)C2=O)cc1. The molecule has 0 spiro atoms. The van der Waals surface area contributed by atoms with Gasteiger partial charge in [-0.05, 0) is 49.3 Å². The molecular weight excluding hydrogens is 649 g/mol. The standard InChI is InChI=1S/C30H32N8O7S2/c31-21(39)14-36-8-3-17(4-9-36)13-37-10-5-18(25(37)41)11-19-15-46-27-23(26(42)38(27)24(19)28(43)44)35-22(40)12-33-45-30(6-1-2-7-30)20-16-47-29(32)34-20/h3-4,8-9,11-12,16,23,27H,1-2,5-7,10,13-15H2,(H5-,31,32,34,35,39,40,43,44)/p+1/b18-11+,33-12-/t23-,27-/m1/s1. The largest absolute Gasteiger partial charge is 0.477 e. The van der Waals surface area contributed by atoms with Gasteiger partial charge in [0.2, 0.25) is 12.5 Å². The Labute approximate surface area is 277 Å². The van der Waals surface area contributed by atoms with Crippen molar-refractivity contribution in [3.63, 3.8) is 0 Å². The minimum atomic E-state index is -1.30. The number of β-lactam (4-membered cyclic amide) rings is 1. The lowest BCUT2D eigenvalue weighted by atomic mass is 9.99. The van der Waals surface area contributed by atoms with E-state index >= 15 is 0 Å². The predicted molar refractivity (Wildman–Crippen MR) is 170 cm³/mol. The first-order chi connectivity index (χ1) is 22.5. The van der Waals surface area contributed by atoms with Gasteiger partial charge in [0.15, 0.2) is 23.1 Å². The third kappa shape index (κ3) is 6.58. The molecule has 2 aromatic heterocycles. The van der Waals surface area contributed by atoms with Crippen LogP contribution in [0.4, 0.5) is 5.13 Å². The number of nitrogen functional groups attached to an aromatic ring is 1. The van der Waals surface area contributed by atoms with E-state index in [9.17, 15) is 29.1 Å². The number of amides is 4. The molecule has 5 heterocycles. The van der Waals surface area contributed by atoms with Crippen LogP contribution in [0.5, 0.6) is 0 Å². The first kappa shape index (κ1) is 32.2. The molecule has 2 saturated heterocycles. The number of allylic oxidation sites excluding steroid dienone is 1. The summed E-state index contributed by atoms with van der Waals surface area (Å²) >= 11 is 2.61. The van der Waals surface area contributed by atoms with Gasteiger partial charge in [-0.1, -0.05) is 5.16 Å². The second-order valence-electron chi connectivity index (χ2n) is 11.7. The van der Waals surface area contributed by atoms with Gasteiger partial charge in [-0.25, -0.2) is 9.78 Å². The second kappa shape index (κ2) is 13.2. The predicted octanol–water partition coefficient (Wildman–Crippen LogP) is 0.367. The minimum Gasteiger partial charge on any atom is -0.477 e.